The van der Waals surface area contributed by atoms with Crippen molar-refractivity contribution in [3.05, 3.63) is 47.9 Å². The maximum absolute atomic E-state index is 12.9. The Labute approximate surface area is 164 Å². The highest BCUT2D eigenvalue weighted by Gasteiger charge is 2.48. The van der Waals surface area contributed by atoms with E-state index >= 15 is 0 Å². The SMILES string of the molecule is Cc1nc(S(=O)(=O)N2CCC3(CC2)CC(=O)N(Cc2ccccc2)O3)cn1C. The van der Waals surface area contributed by atoms with Crippen LogP contribution in [0, 0.1) is 6.92 Å². The second-order valence-electron chi connectivity index (χ2n) is 7.51. The Morgan fingerprint density at radius 2 is 1.86 bits per heavy atom. The van der Waals surface area contributed by atoms with Crippen molar-refractivity contribution < 1.29 is 18.0 Å². The second kappa shape index (κ2) is 6.98. The van der Waals surface area contributed by atoms with Crippen LogP contribution in [0.1, 0.15) is 30.7 Å². The highest BCUT2D eigenvalue weighted by molar-refractivity contribution is 7.89. The first kappa shape index (κ1) is 19.1. The van der Waals surface area contributed by atoms with Gasteiger partial charge < -0.3 is 4.57 Å². The molecule has 8 nitrogen and oxygen atoms in total. The van der Waals surface area contributed by atoms with Gasteiger partial charge in [-0.3, -0.25) is 9.63 Å². The van der Waals surface area contributed by atoms with Gasteiger partial charge >= 0.3 is 0 Å². The molecular formula is C19H24N4O4S. The van der Waals surface area contributed by atoms with Crippen LogP contribution in [0.25, 0.3) is 0 Å². The van der Waals surface area contributed by atoms with E-state index in [1.54, 1.807) is 18.5 Å². The first-order valence-corrected chi connectivity index (χ1v) is 10.8. The summed E-state index contributed by atoms with van der Waals surface area (Å²) in [5, 5.41) is 1.49. The summed E-state index contributed by atoms with van der Waals surface area (Å²) >= 11 is 0. The highest BCUT2D eigenvalue weighted by atomic mass is 32.2. The van der Waals surface area contributed by atoms with Gasteiger partial charge in [0.25, 0.3) is 10.0 Å². The molecular weight excluding hydrogens is 380 g/mol. The molecule has 0 aliphatic carbocycles. The summed E-state index contributed by atoms with van der Waals surface area (Å²) in [5.41, 5.74) is 0.385. The molecule has 1 spiro atoms. The van der Waals surface area contributed by atoms with Crippen molar-refractivity contribution in [2.75, 3.05) is 13.1 Å². The van der Waals surface area contributed by atoms with Crippen LogP contribution in [0.5, 0.6) is 0 Å². The fraction of sp³-hybridized carbons (Fsp3) is 0.474. The molecule has 2 fully saturated rings. The average Bonchev–Trinajstić information content (AvgIpc) is 3.16. The van der Waals surface area contributed by atoms with Crippen LogP contribution < -0.4 is 0 Å². The molecule has 2 aliphatic rings. The van der Waals surface area contributed by atoms with Crippen molar-refractivity contribution >= 4 is 15.9 Å². The normalized spacial score (nSPS) is 20.2. The zero-order chi connectivity index (χ0) is 19.9. The molecule has 3 heterocycles. The summed E-state index contributed by atoms with van der Waals surface area (Å²) in [7, 11) is -1.87. The minimum Gasteiger partial charge on any atom is -0.337 e. The quantitative estimate of drug-likeness (QED) is 0.773. The monoisotopic (exact) mass is 404 g/mol. The maximum Gasteiger partial charge on any atom is 0.262 e. The van der Waals surface area contributed by atoms with E-state index in [9.17, 15) is 13.2 Å². The molecule has 4 rings (SSSR count). The van der Waals surface area contributed by atoms with E-state index in [1.165, 1.54) is 15.6 Å². The lowest BCUT2D eigenvalue weighted by molar-refractivity contribution is -0.212. The van der Waals surface area contributed by atoms with Crippen LogP contribution in [0.15, 0.2) is 41.6 Å². The van der Waals surface area contributed by atoms with Gasteiger partial charge in [-0.05, 0) is 25.3 Å². The summed E-state index contributed by atoms with van der Waals surface area (Å²) in [6.45, 7) is 2.79. The van der Waals surface area contributed by atoms with E-state index in [1.807, 2.05) is 30.3 Å². The van der Waals surface area contributed by atoms with Crippen LogP contribution in [0.3, 0.4) is 0 Å². The van der Waals surface area contributed by atoms with Crippen molar-refractivity contribution in [3.8, 4) is 0 Å². The average molecular weight is 404 g/mol. The smallest absolute Gasteiger partial charge is 0.262 e. The van der Waals surface area contributed by atoms with Crippen LogP contribution >= 0.6 is 0 Å². The number of sulfonamides is 1. The first-order chi connectivity index (χ1) is 13.3. The van der Waals surface area contributed by atoms with Crippen LogP contribution in [-0.2, 0) is 33.2 Å². The fourth-order valence-corrected chi connectivity index (χ4v) is 5.20. The third kappa shape index (κ3) is 3.45. The molecule has 1 aromatic carbocycles. The van der Waals surface area contributed by atoms with Gasteiger partial charge in [0.05, 0.1) is 13.0 Å². The van der Waals surface area contributed by atoms with Crippen molar-refractivity contribution in [2.45, 2.75) is 43.4 Å². The molecule has 150 valence electrons. The third-order valence-electron chi connectivity index (χ3n) is 5.55. The molecule has 9 heteroatoms. The van der Waals surface area contributed by atoms with E-state index in [2.05, 4.69) is 4.98 Å². The zero-order valence-corrected chi connectivity index (χ0v) is 16.9. The second-order valence-corrected chi connectivity index (χ2v) is 9.39. The lowest BCUT2D eigenvalue weighted by atomic mass is 9.89. The fourth-order valence-electron chi connectivity index (χ4n) is 3.74. The molecule has 28 heavy (non-hydrogen) atoms. The number of amides is 1. The number of hydrogen-bond donors (Lipinski definition) is 0. The van der Waals surface area contributed by atoms with Gasteiger partial charge in [0.2, 0.25) is 5.91 Å². The molecule has 0 atom stereocenters. The zero-order valence-electron chi connectivity index (χ0n) is 16.0. The number of aryl methyl sites for hydroxylation is 2. The number of aromatic nitrogens is 2. The van der Waals surface area contributed by atoms with Gasteiger partial charge in [-0.25, -0.2) is 18.5 Å². The summed E-state index contributed by atoms with van der Waals surface area (Å²) in [6.07, 6.45) is 2.78. The van der Waals surface area contributed by atoms with Gasteiger partial charge in [-0.1, -0.05) is 30.3 Å². The van der Waals surface area contributed by atoms with Crippen LogP contribution in [0.2, 0.25) is 0 Å². The van der Waals surface area contributed by atoms with Gasteiger partial charge in [-0.2, -0.15) is 4.31 Å². The molecule has 1 aromatic heterocycles. The van der Waals surface area contributed by atoms with E-state index in [0.717, 1.165) is 5.56 Å². The number of benzene rings is 1. The molecule has 0 N–H and O–H groups in total. The summed E-state index contributed by atoms with van der Waals surface area (Å²) < 4.78 is 28.8. The third-order valence-corrected chi connectivity index (χ3v) is 7.32. The van der Waals surface area contributed by atoms with Crippen molar-refractivity contribution in [1.82, 2.24) is 18.9 Å². The number of rotatable bonds is 4. The standard InChI is InChI=1S/C19H24N4O4S/c1-15-20-17(14-21(15)2)28(25,26)22-10-8-19(9-11-22)12-18(24)23(27-19)13-16-6-4-3-5-7-16/h3-7,14H,8-13H2,1-2H3. The Kier molecular flexibility index (Phi) is 4.76. The molecule has 1 amide bonds. The summed E-state index contributed by atoms with van der Waals surface area (Å²) in [4.78, 5) is 22.6. The van der Waals surface area contributed by atoms with Crippen LogP contribution in [-0.4, -0.2) is 51.9 Å². The van der Waals surface area contributed by atoms with Gasteiger partial charge in [0.1, 0.15) is 11.4 Å². The minimum absolute atomic E-state index is 0.0551. The number of carbonyl (C=O) groups is 1. The maximum atomic E-state index is 12.9. The van der Waals surface area contributed by atoms with Crippen molar-refractivity contribution in [2.24, 2.45) is 7.05 Å². The highest BCUT2D eigenvalue weighted by Crippen LogP contribution is 2.38. The molecule has 0 unspecified atom stereocenters. The predicted octanol–water partition coefficient (Wildman–Crippen LogP) is 1.62. The van der Waals surface area contributed by atoms with Gasteiger partial charge in [0, 0.05) is 26.3 Å². The first-order valence-electron chi connectivity index (χ1n) is 9.33. The topological polar surface area (TPSA) is 84.7 Å². The van der Waals surface area contributed by atoms with Crippen molar-refractivity contribution in [3.63, 3.8) is 0 Å². The molecule has 2 aromatic rings. The van der Waals surface area contributed by atoms with E-state index < -0.39 is 15.6 Å². The molecule has 0 bridgehead atoms. The Bertz CT molecular complexity index is 959. The Hall–Kier alpha value is -2.23. The Balaban J connectivity index is 1.43. The van der Waals surface area contributed by atoms with E-state index in [0.29, 0.717) is 38.3 Å². The number of nitrogens with zero attached hydrogens (tertiary/aromatic N) is 4. The minimum atomic E-state index is -3.64. The molecule has 0 saturated carbocycles. The number of piperidine rings is 1. The predicted molar refractivity (Wildman–Crippen MR) is 101 cm³/mol. The Morgan fingerprint density at radius 3 is 2.46 bits per heavy atom. The molecule has 2 saturated heterocycles. The summed E-state index contributed by atoms with van der Waals surface area (Å²) in [6, 6.07) is 9.68. The lowest BCUT2D eigenvalue weighted by Crippen LogP contribution is -2.47. The number of carbonyl (C=O) groups excluding carboxylic acids is 1. The van der Waals surface area contributed by atoms with E-state index in [4.69, 9.17) is 4.84 Å². The summed E-state index contributed by atoms with van der Waals surface area (Å²) in [5.74, 6) is 0.592. The van der Waals surface area contributed by atoms with Crippen LogP contribution in [0.4, 0.5) is 0 Å². The molecule has 2 aliphatic heterocycles. The number of hydrogen-bond acceptors (Lipinski definition) is 5. The van der Waals surface area contributed by atoms with E-state index in [-0.39, 0.29) is 17.4 Å². The van der Waals surface area contributed by atoms with Gasteiger partial charge in [-0.15, -0.1) is 0 Å². The Morgan fingerprint density at radius 1 is 1.18 bits per heavy atom. The molecule has 0 radical (unpaired) electrons. The van der Waals surface area contributed by atoms with Crippen molar-refractivity contribution in [1.29, 1.82) is 0 Å². The van der Waals surface area contributed by atoms with Gasteiger partial charge in [0.15, 0.2) is 5.03 Å². The largest absolute Gasteiger partial charge is 0.337 e. The lowest BCUT2D eigenvalue weighted by Gasteiger charge is -2.36. The number of imidazole rings is 1. The number of hydroxylamine groups is 2.